The second kappa shape index (κ2) is 9.30. The van der Waals surface area contributed by atoms with Crippen LogP contribution in [-0.2, 0) is 33.6 Å². The molecule has 1 aliphatic rings. The highest BCUT2D eigenvalue weighted by Gasteiger charge is 2.23. The first-order valence-electron chi connectivity index (χ1n) is 11.7. The third kappa shape index (κ3) is 4.17. The van der Waals surface area contributed by atoms with Gasteiger partial charge in [-0.15, -0.1) is 0 Å². The molecule has 34 heavy (non-hydrogen) atoms. The first kappa shape index (κ1) is 22.2. The molecule has 2 aromatic heterocycles. The van der Waals surface area contributed by atoms with Crippen molar-refractivity contribution in [3.8, 4) is 0 Å². The zero-order valence-electron chi connectivity index (χ0n) is 19.7. The normalized spacial score (nSPS) is 14.7. The molecule has 0 spiro atoms. The number of fused-ring (bicyclic) bond motifs is 1. The van der Waals surface area contributed by atoms with Crippen molar-refractivity contribution >= 4 is 16.9 Å². The molecule has 176 valence electrons. The number of hydrogen-bond donors (Lipinski definition) is 0. The number of aryl methyl sites for hydroxylation is 3. The number of aromatic nitrogens is 4. The van der Waals surface area contributed by atoms with Crippen molar-refractivity contribution in [1.82, 2.24) is 23.6 Å². The van der Waals surface area contributed by atoms with Crippen molar-refractivity contribution in [3.63, 3.8) is 0 Å². The van der Waals surface area contributed by atoms with Gasteiger partial charge in [0.1, 0.15) is 5.82 Å². The van der Waals surface area contributed by atoms with E-state index in [1.165, 1.54) is 27.4 Å². The minimum atomic E-state index is -0.353. The molecule has 0 atom stereocenters. The lowest BCUT2D eigenvalue weighted by atomic mass is 10.1. The van der Waals surface area contributed by atoms with Gasteiger partial charge in [0, 0.05) is 52.5 Å². The fourth-order valence-electron chi connectivity index (χ4n) is 4.74. The van der Waals surface area contributed by atoms with Crippen LogP contribution in [0.5, 0.6) is 0 Å². The molecule has 0 N–H and O–H groups in total. The summed E-state index contributed by atoms with van der Waals surface area (Å²) >= 11 is 0. The molecule has 0 bridgehead atoms. The van der Waals surface area contributed by atoms with E-state index in [9.17, 15) is 9.59 Å². The van der Waals surface area contributed by atoms with Crippen LogP contribution in [-0.4, -0.2) is 49.8 Å². The maximum absolute atomic E-state index is 13.1. The first-order chi connectivity index (χ1) is 16.5. The van der Waals surface area contributed by atoms with Crippen LogP contribution in [0.25, 0.3) is 11.2 Å². The summed E-state index contributed by atoms with van der Waals surface area (Å²) in [5.41, 5.74) is 2.76. The summed E-state index contributed by atoms with van der Waals surface area (Å²) in [7, 11) is 3.21. The Kier molecular flexibility index (Phi) is 6.06. The SMILES string of the molecule is Cn1c(=O)c2c(nc(CN3CCN(c4ccccc4)CC3)n2CCc2ccccc2)n(C)c1=O. The maximum Gasteiger partial charge on any atom is 0.332 e. The van der Waals surface area contributed by atoms with Gasteiger partial charge in [0.05, 0.1) is 6.54 Å². The average molecular weight is 459 g/mol. The van der Waals surface area contributed by atoms with Gasteiger partial charge in [0.15, 0.2) is 11.2 Å². The topological polar surface area (TPSA) is 68.3 Å². The second-order valence-corrected chi connectivity index (χ2v) is 8.89. The predicted molar refractivity (Wildman–Crippen MR) is 134 cm³/mol. The predicted octanol–water partition coefficient (Wildman–Crippen LogP) is 2.00. The lowest BCUT2D eigenvalue weighted by Crippen LogP contribution is -2.46. The molecule has 2 aromatic carbocycles. The highest BCUT2D eigenvalue weighted by atomic mass is 16.2. The molecule has 0 unspecified atom stereocenters. The summed E-state index contributed by atoms with van der Waals surface area (Å²) in [6.07, 6.45) is 0.785. The molecule has 8 nitrogen and oxygen atoms in total. The second-order valence-electron chi connectivity index (χ2n) is 8.89. The van der Waals surface area contributed by atoms with Crippen LogP contribution in [0.3, 0.4) is 0 Å². The lowest BCUT2D eigenvalue weighted by Gasteiger charge is -2.36. The number of hydrogen-bond acceptors (Lipinski definition) is 5. The summed E-state index contributed by atoms with van der Waals surface area (Å²) in [4.78, 5) is 35.2. The Morgan fingerprint density at radius 2 is 1.47 bits per heavy atom. The van der Waals surface area contributed by atoms with E-state index in [4.69, 9.17) is 4.98 Å². The van der Waals surface area contributed by atoms with E-state index in [0.717, 1.165) is 38.4 Å². The van der Waals surface area contributed by atoms with E-state index in [1.807, 2.05) is 28.8 Å². The Morgan fingerprint density at radius 3 is 2.15 bits per heavy atom. The third-order valence-corrected chi connectivity index (χ3v) is 6.75. The molecular weight excluding hydrogens is 428 g/mol. The molecule has 0 aliphatic carbocycles. The van der Waals surface area contributed by atoms with E-state index >= 15 is 0 Å². The molecule has 1 aliphatic heterocycles. The van der Waals surface area contributed by atoms with Crippen LogP contribution in [0, 0.1) is 0 Å². The Hall–Kier alpha value is -3.65. The zero-order chi connectivity index (χ0) is 23.7. The van der Waals surface area contributed by atoms with E-state index in [-0.39, 0.29) is 11.2 Å². The number of benzene rings is 2. The van der Waals surface area contributed by atoms with Crippen molar-refractivity contribution in [3.05, 3.63) is 92.9 Å². The fraction of sp³-hybridized carbons (Fsp3) is 0.346. The van der Waals surface area contributed by atoms with Gasteiger partial charge in [-0.1, -0.05) is 48.5 Å². The highest BCUT2D eigenvalue weighted by molar-refractivity contribution is 5.71. The van der Waals surface area contributed by atoms with Crippen molar-refractivity contribution in [2.45, 2.75) is 19.5 Å². The van der Waals surface area contributed by atoms with Gasteiger partial charge in [-0.05, 0) is 24.1 Å². The van der Waals surface area contributed by atoms with Crippen molar-refractivity contribution in [2.24, 2.45) is 14.1 Å². The van der Waals surface area contributed by atoms with Crippen molar-refractivity contribution in [2.75, 3.05) is 31.1 Å². The molecular formula is C26H30N6O2. The van der Waals surface area contributed by atoms with Crippen molar-refractivity contribution in [1.29, 1.82) is 0 Å². The van der Waals surface area contributed by atoms with E-state index < -0.39 is 0 Å². The molecule has 1 fully saturated rings. The number of nitrogens with zero attached hydrogens (tertiary/aromatic N) is 6. The number of para-hydroxylation sites is 1. The van der Waals surface area contributed by atoms with Gasteiger partial charge >= 0.3 is 5.69 Å². The van der Waals surface area contributed by atoms with Crippen LogP contribution in [0.4, 0.5) is 5.69 Å². The Balaban J connectivity index is 1.44. The Labute approximate surface area is 198 Å². The summed E-state index contributed by atoms with van der Waals surface area (Å²) in [5, 5.41) is 0. The van der Waals surface area contributed by atoms with E-state index in [1.54, 1.807) is 7.05 Å². The minimum Gasteiger partial charge on any atom is -0.369 e. The van der Waals surface area contributed by atoms with Crippen molar-refractivity contribution < 1.29 is 0 Å². The van der Waals surface area contributed by atoms with Crippen LogP contribution in [0.2, 0.25) is 0 Å². The van der Waals surface area contributed by atoms with Gasteiger partial charge in [0.2, 0.25) is 0 Å². The highest BCUT2D eigenvalue weighted by Crippen LogP contribution is 2.19. The summed E-state index contributed by atoms with van der Waals surface area (Å²) in [5.74, 6) is 0.831. The first-order valence-corrected chi connectivity index (χ1v) is 11.7. The summed E-state index contributed by atoms with van der Waals surface area (Å²) < 4.78 is 4.67. The van der Waals surface area contributed by atoms with Gasteiger partial charge in [-0.2, -0.15) is 0 Å². The van der Waals surface area contributed by atoms with Crippen LogP contribution < -0.4 is 16.1 Å². The van der Waals surface area contributed by atoms with Crippen LogP contribution >= 0.6 is 0 Å². The van der Waals surface area contributed by atoms with Gasteiger partial charge in [-0.25, -0.2) is 9.78 Å². The number of piperazine rings is 1. The molecule has 8 heteroatoms. The quantitative estimate of drug-likeness (QED) is 0.442. The van der Waals surface area contributed by atoms with Crippen LogP contribution in [0.15, 0.2) is 70.3 Å². The Bertz CT molecular complexity index is 1400. The number of anilines is 1. The molecule has 0 saturated carbocycles. The van der Waals surface area contributed by atoms with Gasteiger partial charge in [0.25, 0.3) is 5.56 Å². The van der Waals surface area contributed by atoms with Gasteiger partial charge in [-0.3, -0.25) is 18.8 Å². The summed E-state index contributed by atoms with van der Waals surface area (Å²) in [6.45, 7) is 4.97. The standard InChI is InChI=1S/C26H30N6O2/c1-28-24-23(25(33)29(2)26(28)34)32(14-13-20-9-5-3-6-10-20)22(27-24)19-30-15-17-31(18-16-30)21-11-7-4-8-12-21/h3-12H,13-19H2,1-2H3. The molecule has 0 amide bonds. The summed E-state index contributed by atoms with van der Waals surface area (Å²) in [6, 6.07) is 20.7. The molecule has 5 rings (SSSR count). The van der Waals surface area contributed by atoms with E-state index in [0.29, 0.717) is 24.3 Å². The Morgan fingerprint density at radius 1 is 0.824 bits per heavy atom. The number of imidazole rings is 1. The average Bonchev–Trinajstić information content (AvgIpc) is 3.24. The third-order valence-electron chi connectivity index (χ3n) is 6.75. The van der Waals surface area contributed by atoms with Crippen LogP contribution in [0.1, 0.15) is 11.4 Å². The van der Waals surface area contributed by atoms with Gasteiger partial charge < -0.3 is 9.47 Å². The largest absolute Gasteiger partial charge is 0.369 e. The fourth-order valence-corrected chi connectivity index (χ4v) is 4.74. The molecule has 0 radical (unpaired) electrons. The monoisotopic (exact) mass is 458 g/mol. The smallest absolute Gasteiger partial charge is 0.332 e. The van der Waals surface area contributed by atoms with E-state index in [2.05, 4.69) is 46.2 Å². The lowest BCUT2D eigenvalue weighted by molar-refractivity contribution is 0.241. The number of rotatable bonds is 6. The zero-order valence-corrected chi connectivity index (χ0v) is 19.7. The minimum absolute atomic E-state index is 0.293. The molecule has 3 heterocycles. The molecule has 4 aromatic rings. The maximum atomic E-state index is 13.1. The molecule has 1 saturated heterocycles.